The molecule has 3 saturated carbocycles. The number of carbonyl (C=O) groups is 1. The molecule has 4 aliphatic carbocycles. The molecule has 35 heavy (non-hydrogen) atoms. The summed E-state index contributed by atoms with van der Waals surface area (Å²) >= 11 is 0. The van der Waals surface area contributed by atoms with E-state index >= 15 is 0 Å². The van der Waals surface area contributed by atoms with Gasteiger partial charge in [-0.25, -0.2) is 0 Å². The number of allylic oxidation sites excluding steroid dienone is 1. The van der Waals surface area contributed by atoms with Crippen molar-refractivity contribution in [2.24, 2.45) is 28.6 Å². The average Bonchev–Trinajstić information content (AvgIpc) is 3.27. The summed E-state index contributed by atoms with van der Waals surface area (Å²) in [5.41, 5.74) is -0.573. The zero-order valence-corrected chi connectivity index (χ0v) is 28.1. The second-order valence-corrected chi connectivity index (χ2v) is 11.5. The molecule has 6 atom stereocenters. The Labute approximate surface area is 272 Å². The zero-order chi connectivity index (χ0) is 23.5. The number of carboxylic acid groups (broad SMARTS) is 1. The summed E-state index contributed by atoms with van der Waals surface area (Å²) in [5.74, 6) is 5.64. The molecule has 1 N–H and O–H groups in total. The van der Waals surface area contributed by atoms with Gasteiger partial charge in [-0.15, -0.1) is 6.42 Å². The second kappa shape index (κ2) is 12.1. The zero-order valence-electron chi connectivity index (χ0n) is 21.2. The number of fused-ring (bicyclic) bond motifs is 6. The Morgan fingerprint density at radius 3 is 2.37 bits per heavy atom. The van der Waals surface area contributed by atoms with Crippen LogP contribution in [-0.4, -0.2) is 21.6 Å². The van der Waals surface area contributed by atoms with Crippen molar-refractivity contribution >= 4 is 19.4 Å². The Kier molecular flexibility index (Phi) is 11.8. The van der Waals surface area contributed by atoms with E-state index < -0.39 is 18.9 Å². The molecule has 3 fully saturated rings. The van der Waals surface area contributed by atoms with Gasteiger partial charge in [-0.2, -0.15) is 0 Å². The van der Waals surface area contributed by atoms with Crippen molar-refractivity contribution in [2.45, 2.75) is 64.4 Å². The average molecular weight is 529 g/mol. The van der Waals surface area contributed by atoms with E-state index in [2.05, 4.69) is 31.0 Å². The number of aromatic nitrogens is 1. The largest absolute Gasteiger partial charge is 1.00 e. The van der Waals surface area contributed by atoms with Gasteiger partial charge in [0, 0.05) is 11.0 Å². The van der Waals surface area contributed by atoms with Crippen molar-refractivity contribution in [1.29, 1.82) is 0 Å². The van der Waals surface area contributed by atoms with Gasteiger partial charge < -0.3 is 33.9 Å². The predicted molar refractivity (Wildman–Crippen MR) is 109 cm³/mol. The molecule has 0 aliphatic heterocycles. The van der Waals surface area contributed by atoms with E-state index in [1.807, 2.05) is 6.20 Å². The maximum absolute atomic E-state index is 11.1. The van der Waals surface area contributed by atoms with Gasteiger partial charge in [0.15, 0.2) is 5.76 Å². The smallest absolute Gasteiger partial charge is 0.807 e. The van der Waals surface area contributed by atoms with Crippen molar-refractivity contribution in [3.8, 4) is 12.3 Å². The van der Waals surface area contributed by atoms with Crippen LogP contribution in [0.5, 0.6) is 0 Å². The van der Waals surface area contributed by atoms with Crippen molar-refractivity contribution in [2.75, 3.05) is 0 Å². The van der Waals surface area contributed by atoms with E-state index in [-0.39, 0.29) is 99.5 Å². The third-order valence-corrected chi connectivity index (χ3v) is 9.34. The molecule has 8 nitrogen and oxygen atoms in total. The summed E-state index contributed by atoms with van der Waals surface area (Å²) in [5, 5.41) is 24.1. The molecule has 12 heteroatoms. The van der Waals surface area contributed by atoms with Gasteiger partial charge in [0.2, 0.25) is 0 Å². The number of terminal acetylenes is 1. The summed E-state index contributed by atoms with van der Waals surface area (Å²) in [4.78, 5) is 27.3. The number of hydrogen-bond donors (Lipinski definition) is 1. The molecule has 0 saturated heterocycles. The first kappa shape index (κ1) is 34.1. The normalized spacial score (nSPS) is 36.3. The molecule has 174 valence electrons. The Bertz CT molecular complexity index is 1070. The van der Waals surface area contributed by atoms with E-state index in [1.165, 1.54) is 12.0 Å². The molecule has 0 spiro atoms. The van der Waals surface area contributed by atoms with Crippen LogP contribution >= 0.6 is 7.60 Å². The van der Waals surface area contributed by atoms with Gasteiger partial charge in [0.25, 0.3) is 0 Å². The maximum Gasteiger partial charge on any atom is 1.00 e. The molecule has 0 aromatic carbocycles. The summed E-state index contributed by atoms with van der Waals surface area (Å²) < 4.78 is 14.6. The molecule has 5 rings (SSSR count). The van der Waals surface area contributed by atoms with Gasteiger partial charge in [-0.05, 0) is 81.8 Å². The minimum absolute atomic E-state index is 0. The minimum atomic E-state index is -5.43. The fourth-order valence-electron chi connectivity index (χ4n) is 7.14. The maximum atomic E-state index is 11.1. The molecule has 0 bridgehead atoms. The summed E-state index contributed by atoms with van der Waals surface area (Å²) in [7, 11) is -5.43. The van der Waals surface area contributed by atoms with Gasteiger partial charge in [-0.3, -0.25) is 0 Å². The van der Waals surface area contributed by atoms with Crippen molar-refractivity contribution < 1.29 is 123 Å². The molecule has 4 aliphatic rings. The van der Waals surface area contributed by atoms with Crippen molar-refractivity contribution in [1.82, 2.24) is 5.16 Å². The molecule has 1 aromatic rings. The first-order valence-corrected chi connectivity index (χ1v) is 12.5. The molecule has 1 heterocycles. The Hall–Kier alpha value is 1.09. The van der Waals surface area contributed by atoms with Crippen LogP contribution in [0.3, 0.4) is 0 Å². The topological polar surface area (TPSA) is 150 Å². The number of carbonyl (C=O) groups excluding carboxylic acids is 1. The summed E-state index contributed by atoms with van der Waals surface area (Å²) in [6.07, 6.45) is 17.4. The van der Waals surface area contributed by atoms with E-state index in [1.54, 1.807) is 5.57 Å². The van der Waals surface area contributed by atoms with Crippen LogP contribution in [-0.2, 0) is 11.0 Å². The molecular weight excluding hydrogens is 502 g/mol. The fraction of sp³-hybridized carbons (Fsp3) is 0.652. The molecule has 0 amide bonds. The minimum Gasteiger partial charge on any atom is -0.807 e. The quantitative estimate of drug-likeness (QED) is 0.214. The number of aliphatic hydroxyl groups is 1. The summed E-state index contributed by atoms with van der Waals surface area (Å²) in [6.45, 7) is 4.71. The second-order valence-electron chi connectivity index (χ2n) is 10.2. The Morgan fingerprint density at radius 1 is 1.20 bits per heavy atom. The van der Waals surface area contributed by atoms with Gasteiger partial charge >= 0.3 is 88.7 Å². The molecular formula is C23H27NNa3O7P. The SMILES string of the molecule is C#CC1(O)CCC2C3CCC4=Cc5oncc5CC4(C)C3CCC21C.O=C([O-])P(=O)([O-])[O-].[Na+].[Na+].[Na+]. The van der Waals surface area contributed by atoms with Crippen LogP contribution in [0.25, 0.3) is 6.08 Å². The van der Waals surface area contributed by atoms with E-state index in [0.29, 0.717) is 17.8 Å². The first-order valence-electron chi connectivity index (χ1n) is 10.9. The van der Waals surface area contributed by atoms with Crippen LogP contribution in [0.15, 0.2) is 16.3 Å². The molecule has 0 radical (unpaired) electrons. The number of nitrogens with zero attached hydrogens (tertiary/aromatic N) is 1. The molecule has 1 aromatic heterocycles. The van der Waals surface area contributed by atoms with Crippen LogP contribution < -0.4 is 104 Å². The monoisotopic (exact) mass is 529 g/mol. The van der Waals surface area contributed by atoms with E-state index in [0.717, 1.165) is 44.3 Å². The van der Waals surface area contributed by atoms with Crippen molar-refractivity contribution in [3.05, 3.63) is 23.1 Å². The van der Waals surface area contributed by atoms with E-state index in [4.69, 9.17) is 35.2 Å². The van der Waals surface area contributed by atoms with Crippen molar-refractivity contribution in [3.63, 3.8) is 0 Å². The molecule has 6 unspecified atom stereocenters. The van der Waals surface area contributed by atoms with Crippen LogP contribution in [0.1, 0.15) is 63.7 Å². The van der Waals surface area contributed by atoms with Crippen LogP contribution in [0.4, 0.5) is 4.79 Å². The Balaban J connectivity index is 0.000000545. The standard InChI is InChI=1S/C22H27NO2.CH3O5P.3Na/c1-4-22(24)10-8-18-16-6-5-15-11-19-14(13-23-25-19)12-20(15,2)17(16)7-9-21(18,22)3;2-1(3)7(4,5)6;;;/h1,11,13,16-18,24H,5-10,12H2,2-3H3;(H,2,3)(H2,4,5,6);;;/q;;3*+1/p-3. The third-order valence-electron chi connectivity index (χ3n) is 8.89. The number of rotatable bonds is 1. The predicted octanol–water partition coefficient (Wildman–Crippen LogP) is -7.52. The van der Waals surface area contributed by atoms with Crippen LogP contribution in [0.2, 0.25) is 0 Å². The fourth-order valence-corrected chi connectivity index (χ4v) is 7.14. The first-order chi connectivity index (χ1) is 14.9. The van der Waals surface area contributed by atoms with Crippen LogP contribution in [0, 0.1) is 40.9 Å². The Morgan fingerprint density at radius 2 is 1.80 bits per heavy atom. The van der Waals surface area contributed by atoms with E-state index in [9.17, 15) is 5.11 Å². The number of hydrogen-bond acceptors (Lipinski definition) is 8. The van der Waals surface area contributed by atoms with Gasteiger partial charge in [0.1, 0.15) is 5.60 Å². The summed E-state index contributed by atoms with van der Waals surface area (Å²) in [6, 6.07) is 0. The van der Waals surface area contributed by atoms with Gasteiger partial charge in [-0.1, -0.05) is 30.5 Å². The third kappa shape index (κ3) is 5.84. The van der Waals surface area contributed by atoms with Gasteiger partial charge in [0.05, 0.1) is 11.9 Å².